The number of aromatic nitrogens is 2. The van der Waals surface area contributed by atoms with Gasteiger partial charge in [0, 0.05) is 45.0 Å². The molecule has 3 aliphatic heterocycles. The Morgan fingerprint density at radius 3 is 2.90 bits per heavy atom. The number of amides is 1. The van der Waals surface area contributed by atoms with Crippen molar-refractivity contribution in [2.75, 3.05) is 61.1 Å². The predicted molar refractivity (Wildman–Crippen MR) is 114 cm³/mol. The van der Waals surface area contributed by atoms with Crippen LogP contribution in [-0.4, -0.2) is 92.3 Å². The standard InChI is InChI=1S/C16H24N6O4S.2ClH/c23-16-21(6-1-9-26-16)7-4-19-15-18-3-2-14(20-15)22-8-5-17-12-10-27(24,25)11-13(12)22;;/h2-3,12-13,17H,1,4-11H2,(H,18,19,20);2*1H/t12-,13+;;/m0../s1. The van der Waals surface area contributed by atoms with Gasteiger partial charge < -0.3 is 25.2 Å². The Balaban J connectivity index is 0.00000150. The van der Waals surface area contributed by atoms with Crippen LogP contribution < -0.4 is 15.5 Å². The van der Waals surface area contributed by atoms with E-state index in [4.69, 9.17) is 4.74 Å². The van der Waals surface area contributed by atoms with Gasteiger partial charge in [-0.1, -0.05) is 0 Å². The lowest BCUT2D eigenvalue weighted by atomic mass is 10.1. The van der Waals surface area contributed by atoms with Crippen LogP contribution in [0, 0.1) is 0 Å². The van der Waals surface area contributed by atoms with Gasteiger partial charge in [0.15, 0.2) is 9.84 Å². The maximum Gasteiger partial charge on any atom is 0.409 e. The molecule has 4 heterocycles. The zero-order valence-electron chi connectivity index (χ0n) is 15.8. The minimum atomic E-state index is -3.02. The number of sulfone groups is 1. The average Bonchev–Trinajstić information content (AvgIpc) is 2.97. The molecule has 4 rings (SSSR count). The monoisotopic (exact) mass is 468 g/mol. The van der Waals surface area contributed by atoms with Crippen LogP contribution in [0.3, 0.4) is 0 Å². The van der Waals surface area contributed by atoms with Crippen molar-refractivity contribution in [3.05, 3.63) is 12.3 Å². The Hall–Kier alpha value is -1.56. The van der Waals surface area contributed by atoms with Crippen LogP contribution in [0.4, 0.5) is 16.6 Å². The third-order valence-electron chi connectivity index (χ3n) is 5.14. The summed E-state index contributed by atoms with van der Waals surface area (Å²) in [5.74, 6) is 1.51. The Bertz CT molecular complexity index is 814. The second kappa shape index (κ2) is 9.96. The van der Waals surface area contributed by atoms with Crippen molar-refractivity contribution in [2.24, 2.45) is 0 Å². The first-order chi connectivity index (χ1) is 13.0. The van der Waals surface area contributed by atoms with Crippen LogP contribution in [0.2, 0.25) is 0 Å². The third kappa shape index (κ3) is 5.53. The SMILES string of the molecule is Cl.Cl.O=C1OCCCN1CCNc1nccc(N2CCN[C@H]3CS(=O)(=O)C[C@H]32)n1. The molecule has 2 N–H and O–H groups in total. The molecule has 0 saturated carbocycles. The summed E-state index contributed by atoms with van der Waals surface area (Å²) in [6.07, 6.45) is 2.22. The Labute approximate surface area is 182 Å². The van der Waals surface area contributed by atoms with Crippen LogP contribution >= 0.6 is 24.8 Å². The normalized spacial score (nSPS) is 25.3. The van der Waals surface area contributed by atoms with E-state index in [1.54, 1.807) is 17.2 Å². The minimum Gasteiger partial charge on any atom is -0.449 e. The molecule has 2 atom stereocenters. The number of ether oxygens (including phenoxy) is 1. The lowest BCUT2D eigenvalue weighted by Gasteiger charge is -2.38. The molecule has 1 aromatic rings. The molecule has 0 bridgehead atoms. The number of anilines is 2. The van der Waals surface area contributed by atoms with Crippen LogP contribution in [-0.2, 0) is 14.6 Å². The molecule has 1 aromatic heterocycles. The van der Waals surface area contributed by atoms with Crippen molar-refractivity contribution in [1.82, 2.24) is 20.2 Å². The van der Waals surface area contributed by atoms with Gasteiger partial charge in [0.2, 0.25) is 5.95 Å². The van der Waals surface area contributed by atoms with Gasteiger partial charge in [-0.3, -0.25) is 0 Å². The largest absolute Gasteiger partial charge is 0.449 e. The fraction of sp³-hybridized carbons (Fsp3) is 0.688. The van der Waals surface area contributed by atoms with Crippen molar-refractivity contribution in [1.29, 1.82) is 0 Å². The highest BCUT2D eigenvalue weighted by Gasteiger charge is 2.43. The minimum absolute atomic E-state index is 0. The highest BCUT2D eigenvalue weighted by Crippen LogP contribution is 2.25. The molecule has 0 aliphatic carbocycles. The number of carbonyl (C=O) groups is 1. The van der Waals surface area contributed by atoms with E-state index >= 15 is 0 Å². The summed E-state index contributed by atoms with van der Waals surface area (Å²) in [5, 5.41) is 6.43. The maximum absolute atomic E-state index is 12.0. The molecule has 1 amide bonds. The molecule has 0 unspecified atom stereocenters. The molecular formula is C16H26Cl2N6O4S. The molecule has 164 valence electrons. The number of hydrogen-bond donors (Lipinski definition) is 2. The average molecular weight is 469 g/mol. The number of hydrogen-bond acceptors (Lipinski definition) is 9. The number of carbonyl (C=O) groups excluding carboxylic acids is 1. The summed E-state index contributed by atoms with van der Waals surface area (Å²) >= 11 is 0. The zero-order valence-corrected chi connectivity index (χ0v) is 18.3. The summed E-state index contributed by atoms with van der Waals surface area (Å²) in [4.78, 5) is 24.1. The molecule has 0 aromatic carbocycles. The van der Waals surface area contributed by atoms with Crippen molar-refractivity contribution in [3.8, 4) is 0 Å². The quantitative estimate of drug-likeness (QED) is 0.622. The molecule has 3 aliphatic rings. The van der Waals surface area contributed by atoms with E-state index in [9.17, 15) is 13.2 Å². The smallest absolute Gasteiger partial charge is 0.409 e. The number of piperazine rings is 1. The van der Waals surface area contributed by atoms with E-state index in [0.717, 1.165) is 18.8 Å². The summed E-state index contributed by atoms with van der Waals surface area (Å²) in [5.41, 5.74) is 0. The van der Waals surface area contributed by atoms with Gasteiger partial charge in [-0.15, -0.1) is 24.8 Å². The molecule has 10 nitrogen and oxygen atoms in total. The van der Waals surface area contributed by atoms with Gasteiger partial charge >= 0.3 is 6.09 Å². The van der Waals surface area contributed by atoms with Gasteiger partial charge in [-0.25, -0.2) is 18.2 Å². The van der Waals surface area contributed by atoms with E-state index < -0.39 is 9.84 Å². The Kier molecular flexibility index (Phi) is 8.15. The zero-order chi connectivity index (χ0) is 18.9. The second-order valence-corrected chi connectivity index (χ2v) is 9.17. The topological polar surface area (TPSA) is 117 Å². The molecule has 3 fully saturated rings. The number of rotatable bonds is 5. The summed E-state index contributed by atoms with van der Waals surface area (Å²) in [6, 6.07) is 1.65. The number of fused-ring (bicyclic) bond motifs is 1. The lowest BCUT2D eigenvalue weighted by Crippen LogP contribution is -2.57. The predicted octanol–water partition coefficient (Wildman–Crippen LogP) is 0.150. The van der Waals surface area contributed by atoms with Gasteiger partial charge in [-0.05, 0) is 12.5 Å². The summed E-state index contributed by atoms with van der Waals surface area (Å²) in [6.45, 7) is 3.63. The summed E-state index contributed by atoms with van der Waals surface area (Å²) in [7, 11) is -3.02. The maximum atomic E-state index is 12.0. The third-order valence-corrected chi connectivity index (χ3v) is 6.85. The Morgan fingerprint density at radius 2 is 2.10 bits per heavy atom. The molecule has 29 heavy (non-hydrogen) atoms. The van der Waals surface area contributed by atoms with Gasteiger partial charge in [0.05, 0.1) is 24.2 Å². The van der Waals surface area contributed by atoms with E-state index in [1.165, 1.54) is 0 Å². The first-order valence-electron chi connectivity index (χ1n) is 9.21. The number of nitrogens with zero attached hydrogens (tertiary/aromatic N) is 4. The highest BCUT2D eigenvalue weighted by molar-refractivity contribution is 7.91. The molecule has 13 heteroatoms. The fourth-order valence-electron chi connectivity index (χ4n) is 3.85. The van der Waals surface area contributed by atoms with Crippen LogP contribution in [0.15, 0.2) is 12.3 Å². The van der Waals surface area contributed by atoms with Crippen LogP contribution in [0.5, 0.6) is 0 Å². The number of halogens is 2. The van der Waals surface area contributed by atoms with Crippen LogP contribution in [0.1, 0.15) is 6.42 Å². The lowest BCUT2D eigenvalue weighted by molar-refractivity contribution is 0.0746. The van der Waals surface area contributed by atoms with E-state index in [1.807, 2.05) is 0 Å². The molecular weight excluding hydrogens is 443 g/mol. The molecule has 3 saturated heterocycles. The van der Waals surface area contributed by atoms with Gasteiger partial charge in [-0.2, -0.15) is 4.98 Å². The Morgan fingerprint density at radius 1 is 1.28 bits per heavy atom. The fourth-order valence-corrected chi connectivity index (χ4v) is 5.81. The molecule has 0 radical (unpaired) electrons. The first-order valence-corrected chi connectivity index (χ1v) is 11.0. The van der Waals surface area contributed by atoms with E-state index in [0.29, 0.717) is 38.7 Å². The van der Waals surface area contributed by atoms with Crippen molar-refractivity contribution in [3.63, 3.8) is 0 Å². The molecule has 0 spiro atoms. The van der Waals surface area contributed by atoms with Crippen molar-refractivity contribution >= 4 is 52.5 Å². The van der Waals surface area contributed by atoms with Gasteiger partial charge in [0.1, 0.15) is 5.82 Å². The van der Waals surface area contributed by atoms with E-state index in [2.05, 4.69) is 25.5 Å². The summed E-state index contributed by atoms with van der Waals surface area (Å²) < 4.78 is 29.0. The van der Waals surface area contributed by atoms with Gasteiger partial charge in [0.25, 0.3) is 0 Å². The van der Waals surface area contributed by atoms with Crippen LogP contribution in [0.25, 0.3) is 0 Å². The second-order valence-electron chi connectivity index (χ2n) is 7.02. The van der Waals surface area contributed by atoms with E-state index in [-0.39, 0.29) is 54.5 Å². The first kappa shape index (κ1) is 23.7. The van der Waals surface area contributed by atoms with Crippen molar-refractivity contribution in [2.45, 2.75) is 18.5 Å². The highest BCUT2D eigenvalue weighted by atomic mass is 35.5. The van der Waals surface area contributed by atoms with Crippen molar-refractivity contribution < 1.29 is 17.9 Å². The number of cyclic esters (lactones) is 1. The number of nitrogens with one attached hydrogen (secondary N) is 2.